The number of carboxylic acid groups (broad SMARTS) is 1. The molecule has 0 aliphatic carbocycles. The number of aryl methyl sites for hydroxylation is 1. The van der Waals surface area contributed by atoms with Crippen LogP contribution < -0.4 is 10.6 Å². The van der Waals surface area contributed by atoms with Crippen LogP contribution in [0.5, 0.6) is 0 Å². The Kier molecular flexibility index (Phi) is 4.99. The van der Waals surface area contributed by atoms with Gasteiger partial charge in [-0.2, -0.15) is 0 Å². The van der Waals surface area contributed by atoms with Crippen LogP contribution in [0.3, 0.4) is 0 Å². The number of carboxylic acids is 1. The number of β-lactam (4-membered cyclic amide) rings is 2. The van der Waals surface area contributed by atoms with E-state index in [1.54, 1.807) is 27.7 Å². The van der Waals surface area contributed by atoms with Crippen LogP contribution in [0.4, 0.5) is 0 Å². The maximum Gasteiger partial charge on any atom is 0.327 e. The molecule has 0 bridgehead atoms. The molecule has 3 N–H and O–H groups in total. The number of nitrogens with zero attached hydrogens (tertiary/aromatic N) is 3. The van der Waals surface area contributed by atoms with E-state index in [0.29, 0.717) is 0 Å². The summed E-state index contributed by atoms with van der Waals surface area (Å²) in [6, 6.07) is -7.06. The maximum absolute atomic E-state index is 13.6. The first-order valence-electron chi connectivity index (χ1n) is 15.2. The fourth-order valence-electron chi connectivity index (χ4n) is 5.94. The van der Waals surface area contributed by atoms with Gasteiger partial charge in [-0.3, -0.25) is 19.2 Å². The summed E-state index contributed by atoms with van der Waals surface area (Å²) in [4.78, 5) is 68.0. The number of benzene rings is 1. The number of amides is 4. The highest BCUT2D eigenvalue weighted by Crippen LogP contribution is 2.53. The van der Waals surface area contributed by atoms with Gasteiger partial charge in [0.15, 0.2) is 0 Å². The number of fused-ring (bicyclic) bond motifs is 2. The van der Waals surface area contributed by atoms with Gasteiger partial charge in [-0.1, -0.05) is 35.4 Å². The van der Waals surface area contributed by atoms with Crippen LogP contribution in [0.25, 0.3) is 11.3 Å². The molecule has 0 spiro atoms. The molecule has 4 aliphatic heterocycles. The lowest BCUT2D eigenvalue weighted by Gasteiger charge is -2.46. The second kappa shape index (κ2) is 9.24. The van der Waals surface area contributed by atoms with E-state index in [1.807, 2.05) is 0 Å². The Balaban J connectivity index is 1.20. The van der Waals surface area contributed by atoms with Crippen LogP contribution in [0.1, 0.15) is 50.7 Å². The molecule has 216 valence electrons. The smallest absolute Gasteiger partial charge is 0.327 e. The predicted octanol–water partition coefficient (Wildman–Crippen LogP) is 1.44. The van der Waals surface area contributed by atoms with Gasteiger partial charge in [0.2, 0.25) is 17.7 Å². The summed E-state index contributed by atoms with van der Waals surface area (Å²) >= 11 is 2.57. The maximum atomic E-state index is 13.6. The molecule has 4 amide bonds. The lowest BCUT2D eigenvalue weighted by Crippen LogP contribution is -2.74. The molecule has 6 atom stereocenters. The van der Waals surface area contributed by atoms with E-state index < -0.39 is 104 Å². The molecule has 0 unspecified atom stereocenters. The van der Waals surface area contributed by atoms with E-state index in [9.17, 15) is 29.1 Å². The summed E-state index contributed by atoms with van der Waals surface area (Å²) in [5.41, 5.74) is -0.805. The first kappa shape index (κ1) is 22.1. The third kappa shape index (κ3) is 4.05. The lowest BCUT2D eigenvalue weighted by atomic mass is 9.93. The number of hydrogen-bond donors (Lipinski definition) is 3. The Bertz CT molecular complexity index is 1740. The summed E-state index contributed by atoms with van der Waals surface area (Å²) in [6.45, 7) is 8.38. The minimum atomic E-state index is -1.13. The fourth-order valence-corrected chi connectivity index (χ4v) is 9.20. The zero-order valence-corrected chi connectivity index (χ0v) is 24.2. The topological polar surface area (TPSA) is 162 Å². The average molecular weight is 605 g/mol. The van der Waals surface area contributed by atoms with Crippen LogP contribution in [-0.2, 0) is 19.2 Å². The molecule has 0 saturated carbocycles. The fraction of sp³-hybridized carbons (Fsp3) is 0.481. The lowest BCUT2D eigenvalue weighted by molar-refractivity contribution is -0.162. The molecule has 1 aromatic carbocycles. The highest BCUT2D eigenvalue weighted by atomic mass is 32.2. The quantitative estimate of drug-likeness (QED) is 0.412. The van der Waals surface area contributed by atoms with E-state index in [0.717, 1.165) is 0 Å². The number of thioether (sulfide) groups is 2. The molecule has 12 nitrogen and oxygen atoms in total. The minimum Gasteiger partial charge on any atom is -0.480 e. The summed E-state index contributed by atoms with van der Waals surface area (Å²) in [5.74, 6) is -3.60. The average Bonchev–Trinajstić information content (AvgIpc) is 3.57. The number of carbonyl (C=O) groups is 5. The van der Waals surface area contributed by atoms with E-state index in [4.69, 9.17) is 11.4 Å². The van der Waals surface area contributed by atoms with Crippen molar-refractivity contribution in [1.29, 1.82) is 0 Å². The van der Waals surface area contributed by atoms with Crippen LogP contribution in [0.15, 0.2) is 34.7 Å². The zero-order valence-electron chi connectivity index (χ0n) is 27.5. The van der Waals surface area contributed by atoms with Crippen LogP contribution in [-0.4, -0.2) is 94.1 Å². The second-order valence-electron chi connectivity index (χ2n) is 11.3. The molecule has 4 fully saturated rings. The van der Waals surface area contributed by atoms with E-state index in [-0.39, 0.29) is 22.6 Å². The monoisotopic (exact) mass is 604 g/mol. The predicted molar refractivity (Wildman–Crippen MR) is 150 cm³/mol. The van der Waals surface area contributed by atoms with Crippen LogP contribution >= 0.6 is 23.5 Å². The van der Waals surface area contributed by atoms with Gasteiger partial charge in [-0.15, -0.1) is 23.5 Å². The van der Waals surface area contributed by atoms with Crippen molar-refractivity contribution in [2.45, 2.75) is 79.0 Å². The van der Waals surface area contributed by atoms with Gasteiger partial charge in [0, 0.05) is 15.1 Å². The Hall–Kier alpha value is -3.52. The van der Waals surface area contributed by atoms with Gasteiger partial charge >= 0.3 is 5.97 Å². The highest BCUT2D eigenvalue weighted by Gasteiger charge is 2.67. The standard InChI is InChI=1S/C27H29N5O7S2/c1-11-13(14(30-39-11)12-9-7-6-8-10-12)19(33)28-15-21(35)31-17(26(2,3)40-23(15)31)20(34)29-16-22(36)32-18(25(37)38)27(4,5)41-24(16)32/h6-10,15-18,23-24H,1-5H3,(H,28,33)(H,29,34)(H,37,38)/t15-,16-,17+,18+,23-,24-/m1/s1/i6D,7D,8D,9D,10D. The van der Waals surface area contributed by atoms with Crippen molar-refractivity contribution in [2.75, 3.05) is 0 Å². The van der Waals surface area contributed by atoms with Crippen LogP contribution in [0.2, 0.25) is 0 Å². The minimum absolute atomic E-state index is 0.00287. The third-order valence-electron chi connectivity index (χ3n) is 7.78. The molecule has 4 aliphatic rings. The molecule has 0 radical (unpaired) electrons. The largest absolute Gasteiger partial charge is 0.480 e. The molecule has 41 heavy (non-hydrogen) atoms. The number of carbonyl (C=O) groups excluding carboxylic acids is 4. The molecular formula is C27H29N5O7S2. The SMILES string of the molecule is [2H]c1c([2H])c([2H])c(-c2noc(C)c2C(=O)N[C@@H]2C(=O)N3[C@@H]2SC(C)(C)[C@@H]3C(=O)N[C@@H]2C(=O)N3[C@@H]2SC(C)(C)[C@@H]3C(=O)O)c([2H])c1[2H]. The third-order valence-corrected chi connectivity index (χ3v) is 10.9. The summed E-state index contributed by atoms with van der Waals surface area (Å²) < 4.78 is 43.9. The van der Waals surface area contributed by atoms with Gasteiger partial charge in [0.25, 0.3) is 5.91 Å². The van der Waals surface area contributed by atoms with Crippen molar-refractivity contribution >= 4 is 53.1 Å². The Morgan fingerprint density at radius 1 is 0.951 bits per heavy atom. The van der Waals surface area contributed by atoms with Gasteiger partial charge in [0.05, 0.1) is 6.85 Å². The van der Waals surface area contributed by atoms with Gasteiger partial charge in [-0.25, -0.2) is 4.79 Å². The van der Waals surface area contributed by atoms with E-state index >= 15 is 0 Å². The van der Waals surface area contributed by atoms with E-state index in [1.165, 1.54) is 40.2 Å². The molecular weight excluding hydrogens is 570 g/mol. The second-order valence-corrected chi connectivity index (χ2v) is 14.8. The van der Waals surface area contributed by atoms with Crippen molar-refractivity contribution in [1.82, 2.24) is 25.6 Å². The Morgan fingerprint density at radius 2 is 1.49 bits per heavy atom. The first-order chi connectivity index (χ1) is 21.3. The van der Waals surface area contributed by atoms with Crippen molar-refractivity contribution in [2.24, 2.45) is 0 Å². The molecule has 4 saturated heterocycles. The van der Waals surface area contributed by atoms with E-state index in [2.05, 4.69) is 15.8 Å². The van der Waals surface area contributed by atoms with Crippen molar-refractivity contribution in [3.05, 3.63) is 41.5 Å². The Morgan fingerprint density at radius 3 is 2.07 bits per heavy atom. The molecule has 14 heteroatoms. The number of aliphatic carboxylic acids is 1. The highest BCUT2D eigenvalue weighted by molar-refractivity contribution is 8.02. The van der Waals surface area contributed by atoms with Crippen molar-refractivity contribution in [3.63, 3.8) is 0 Å². The van der Waals surface area contributed by atoms with Gasteiger partial charge in [0.1, 0.15) is 51.9 Å². The van der Waals surface area contributed by atoms with Crippen molar-refractivity contribution < 1.29 is 40.5 Å². The Labute approximate surface area is 250 Å². The number of nitrogens with one attached hydrogen (secondary N) is 2. The molecule has 2 aromatic rings. The first-order valence-corrected chi connectivity index (χ1v) is 14.4. The molecule has 1 aromatic heterocycles. The van der Waals surface area contributed by atoms with Crippen LogP contribution in [0, 0.1) is 6.92 Å². The molecule has 6 rings (SSSR count). The number of aromatic nitrogens is 1. The van der Waals surface area contributed by atoms with Crippen molar-refractivity contribution in [3.8, 4) is 11.3 Å². The number of hydrogen-bond acceptors (Lipinski definition) is 9. The van der Waals surface area contributed by atoms with Gasteiger partial charge in [-0.05, 0) is 34.6 Å². The van der Waals surface area contributed by atoms with Gasteiger partial charge < -0.3 is 30.1 Å². The summed E-state index contributed by atoms with van der Waals surface area (Å²) in [6.07, 6.45) is 0. The number of rotatable bonds is 6. The summed E-state index contributed by atoms with van der Waals surface area (Å²) in [7, 11) is 0. The zero-order chi connectivity index (χ0) is 33.9. The summed E-state index contributed by atoms with van der Waals surface area (Å²) in [5, 5.41) is 17.6. The normalized spacial score (nSPS) is 32.4. The molecule has 5 heterocycles.